The average Bonchev–Trinajstić information content (AvgIpc) is 2.63. The molecule has 2 unspecified atom stereocenters. The van der Waals surface area contributed by atoms with Crippen molar-refractivity contribution in [1.82, 2.24) is 10.2 Å². The lowest BCUT2D eigenvalue weighted by molar-refractivity contribution is 0.262. The van der Waals surface area contributed by atoms with Gasteiger partial charge in [-0.25, -0.2) is 0 Å². The van der Waals surface area contributed by atoms with E-state index in [-0.39, 0.29) is 36.1 Å². The lowest BCUT2D eigenvalue weighted by Crippen LogP contribution is -2.38. The van der Waals surface area contributed by atoms with Gasteiger partial charge in [0.05, 0.1) is 25.2 Å². The zero-order valence-electron chi connectivity index (χ0n) is 15.6. The average molecular weight is 501 g/mol. The number of nitrogens with zero attached hydrogens (tertiary/aromatic N) is 2. The van der Waals surface area contributed by atoms with Gasteiger partial charge in [0.2, 0.25) is 0 Å². The number of ether oxygens (including phenoxy) is 1. The molecular formula is C20H26ClIN4O. The molecule has 1 heterocycles. The lowest BCUT2D eigenvalue weighted by Gasteiger charge is -2.27. The Morgan fingerprint density at radius 3 is 2.70 bits per heavy atom. The molecular weight excluding hydrogens is 475 g/mol. The van der Waals surface area contributed by atoms with Gasteiger partial charge in [0, 0.05) is 17.0 Å². The molecule has 0 aliphatic carbocycles. The minimum absolute atomic E-state index is 0. The summed E-state index contributed by atoms with van der Waals surface area (Å²) in [5, 5.41) is 4.07. The number of benzene rings is 2. The standard InChI is InChI=1S/C20H25ClN4O.HI/c1-25(2)18(14-7-3-5-9-16(14)21)13-23-20(22)24-17-11-12-26-19-10-6-4-8-15(17)19;/h3-10,17-18H,11-13H2,1-2H3,(H3,22,23,24);1H. The number of hydrogen-bond donors (Lipinski definition) is 2. The van der Waals surface area contributed by atoms with Crippen LogP contribution < -0.4 is 15.8 Å². The summed E-state index contributed by atoms with van der Waals surface area (Å²) < 4.78 is 5.69. The van der Waals surface area contributed by atoms with Crippen molar-refractivity contribution in [1.29, 1.82) is 0 Å². The van der Waals surface area contributed by atoms with Crippen molar-refractivity contribution in [2.45, 2.75) is 18.5 Å². The van der Waals surface area contributed by atoms with Gasteiger partial charge in [-0.1, -0.05) is 48.0 Å². The molecule has 0 spiro atoms. The van der Waals surface area contributed by atoms with Gasteiger partial charge in [-0.2, -0.15) is 0 Å². The molecule has 3 N–H and O–H groups in total. The molecule has 2 aromatic rings. The Morgan fingerprint density at radius 2 is 1.96 bits per heavy atom. The van der Waals surface area contributed by atoms with Crippen LogP contribution in [-0.4, -0.2) is 38.1 Å². The molecule has 1 aliphatic heterocycles. The second-order valence-electron chi connectivity index (χ2n) is 6.60. The summed E-state index contributed by atoms with van der Waals surface area (Å²) in [4.78, 5) is 6.67. The maximum Gasteiger partial charge on any atom is 0.189 e. The second kappa shape index (κ2) is 10.1. The Morgan fingerprint density at radius 1 is 1.26 bits per heavy atom. The summed E-state index contributed by atoms with van der Waals surface area (Å²) in [6.07, 6.45) is 0.856. The van der Waals surface area contributed by atoms with Crippen molar-refractivity contribution < 1.29 is 4.74 Å². The van der Waals surface area contributed by atoms with E-state index in [2.05, 4.69) is 21.3 Å². The van der Waals surface area contributed by atoms with Crippen LogP contribution in [0.15, 0.2) is 53.5 Å². The first-order valence-electron chi connectivity index (χ1n) is 8.75. The molecule has 0 saturated carbocycles. The molecule has 5 nitrogen and oxygen atoms in total. The Kier molecular flexibility index (Phi) is 8.19. The fourth-order valence-corrected chi connectivity index (χ4v) is 3.45. The summed E-state index contributed by atoms with van der Waals surface area (Å²) >= 11 is 6.35. The quantitative estimate of drug-likeness (QED) is 0.370. The van der Waals surface area contributed by atoms with E-state index in [0.29, 0.717) is 19.1 Å². The Bertz CT molecular complexity index is 784. The molecule has 0 amide bonds. The molecule has 0 radical (unpaired) electrons. The number of guanidine groups is 1. The fourth-order valence-electron chi connectivity index (χ4n) is 3.19. The predicted molar refractivity (Wildman–Crippen MR) is 122 cm³/mol. The first-order valence-corrected chi connectivity index (χ1v) is 9.13. The molecule has 3 rings (SSSR count). The molecule has 2 aromatic carbocycles. The third-order valence-electron chi connectivity index (χ3n) is 4.60. The third kappa shape index (κ3) is 5.49. The Balaban J connectivity index is 0.00000261. The van der Waals surface area contributed by atoms with Crippen LogP contribution in [0.25, 0.3) is 0 Å². The molecule has 2 atom stereocenters. The maximum atomic E-state index is 6.35. The summed E-state index contributed by atoms with van der Waals surface area (Å²) in [6.45, 7) is 1.20. The number of nitrogens with two attached hydrogens (primary N) is 1. The molecule has 0 aromatic heterocycles. The minimum atomic E-state index is 0. The van der Waals surface area contributed by atoms with Crippen molar-refractivity contribution in [3.63, 3.8) is 0 Å². The van der Waals surface area contributed by atoms with Crippen LogP contribution in [0.2, 0.25) is 5.02 Å². The van der Waals surface area contributed by atoms with Gasteiger partial charge in [-0.15, -0.1) is 24.0 Å². The summed E-state index contributed by atoms with van der Waals surface area (Å²) in [5.41, 5.74) is 8.34. The number of halogens is 2. The van der Waals surface area contributed by atoms with Crippen LogP contribution in [0, 0.1) is 0 Å². The van der Waals surface area contributed by atoms with Crippen LogP contribution in [0.4, 0.5) is 0 Å². The van der Waals surface area contributed by atoms with Gasteiger partial charge < -0.3 is 20.7 Å². The van der Waals surface area contributed by atoms with Gasteiger partial charge in [-0.3, -0.25) is 4.99 Å². The van der Waals surface area contributed by atoms with Crippen LogP contribution in [0.3, 0.4) is 0 Å². The molecule has 0 fully saturated rings. The normalized spacial score (nSPS) is 17.5. The largest absolute Gasteiger partial charge is 0.493 e. The Hall–Kier alpha value is -1.51. The first-order chi connectivity index (χ1) is 12.6. The zero-order chi connectivity index (χ0) is 18.5. The highest BCUT2D eigenvalue weighted by atomic mass is 127. The number of aliphatic imine (C=N–C) groups is 1. The van der Waals surface area contributed by atoms with Crippen molar-refractivity contribution in [2.75, 3.05) is 27.2 Å². The van der Waals surface area contributed by atoms with E-state index in [4.69, 9.17) is 22.1 Å². The van der Waals surface area contributed by atoms with E-state index in [0.717, 1.165) is 28.3 Å². The van der Waals surface area contributed by atoms with E-state index in [1.54, 1.807) is 0 Å². The van der Waals surface area contributed by atoms with Crippen molar-refractivity contribution in [2.24, 2.45) is 10.7 Å². The smallest absolute Gasteiger partial charge is 0.189 e. The van der Waals surface area contributed by atoms with E-state index in [1.807, 2.05) is 56.6 Å². The van der Waals surface area contributed by atoms with E-state index in [1.165, 1.54) is 0 Å². The van der Waals surface area contributed by atoms with Gasteiger partial charge >= 0.3 is 0 Å². The summed E-state index contributed by atoms with van der Waals surface area (Å²) in [6, 6.07) is 16.1. The SMILES string of the molecule is CN(C)C(CN=C(N)NC1CCOc2ccccc21)c1ccccc1Cl.I. The van der Waals surface area contributed by atoms with Gasteiger partial charge in [0.1, 0.15) is 5.75 Å². The molecule has 1 aliphatic rings. The number of rotatable bonds is 5. The maximum absolute atomic E-state index is 6.35. The van der Waals surface area contributed by atoms with E-state index in [9.17, 15) is 0 Å². The highest BCUT2D eigenvalue weighted by molar-refractivity contribution is 14.0. The molecule has 0 bridgehead atoms. The predicted octanol–water partition coefficient (Wildman–Crippen LogP) is 3.99. The number of hydrogen-bond acceptors (Lipinski definition) is 3. The number of para-hydroxylation sites is 1. The number of nitrogens with one attached hydrogen (secondary N) is 1. The molecule has 0 saturated heterocycles. The lowest BCUT2D eigenvalue weighted by atomic mass is 10.0. The number of fused-ring (bicyclic) bond motifs is 1. The van der Waals surface area contributed by atoms with Crippen molar-refractivity contribution in [3.05, 3.63) is 64.7 Å². The first kappa shape index (κ1) is 21.8. The van der Waals surface area contributed by atoms with Crippen LogP contribution >= 0.6 is 35.6 Å². The second-order valence-corrected chi connectivity index (χ2v) is 7.01. The van der Waals surface area contributed by atoms with Crippen LogP contribution in [0.1, 0.15) is 29.6 Å². The van der Waals surface area contributed by atoms with Crippen molar-refractivity contribution in [3.8, 4) is 5.75 Å². The Labute approximate surface area is 183 Å². The monoisotopic (exact) mass is 500 g/mol. The molecule has 146 valence electrons. The zero-order valence-corrected chi connectivity index (χ0v) is 18.6. The highest BCUT2D eigenvalue weighted by Gasteiger charge is 2.22. The topological polar surface area (TPSA) is 62.9 Å². The van der Waals surface area contributed by atoms with Gasteiger partial charge in [0.25, 0.3) is 0 Å². The van der Waals surface area contributed by atoms with E-state index < -0.39 is 0 Å². The molecule has 27 heavy (non-hydrogen) atoms. The van der Waals surface area contributed by atoms with Crippen LogP contribution in [-0.2, 0) is 0 Å². The minimum Gasteiger partial charge on any atom is -0.493 e. The highest BCUT2D eigenvalue weighted by Crippen LogP contribution is 2.31. The van der Waals surface area contributed by atoms with Gasteiger partial charge in [0.15, 0.2) is 5.96 Å². The summed E-state index contributed by atoms with van der Waals surface area (Å²) in [5.74, 6) is 1.34. The van der Waals surface area contributed by atoms with E-state index >= 15 is 0 Å². The third-order valence-corrected chi connectivity index (χ3v) is 4.95. The summed E-state index contributed by atoms with van der Waals surface area (Å²) in [7, 11) is 4.03. The number of likely N-dealkylation sites (N-methyl/N-ethyl adjacent to an activating group) is 1. The van der Waals surface area contributed by atoms with Gasteiger partial charge in [-0.05, 0) is 31.8 Å². The van der Waals surface area contributed by atoms with Crippen molar-refractivity contribution >= 4 is 41.5 Å². The molecule has 7 heteroatoms. The van der Waals surface area contributed by atoms with Crippen LogP contribution in [0.5, 0.6) is 5.75 Å². The fraction of sp³-hybridized carbons (Fsp3) is 0.350.